The van der Waals surface area contributed by atoms with E-state index in [1.807, 2.05) is 29.2 Å². The summed E-state index contributed by atoms with van der Waals surface area (Å²) < 4.78 is 42.3. The minimum atomic E-state index is -4.76. The molecule has 4 aromatic rings. The molecule has 44 heavy (non-hydrogen) atoms. The Morgan fingerprint density at radius 1 is 1.20 bits per heavy atom. The molecule has 15 heteroatoms. The first kappa shape index (κ1) is 29.4. The zero-order valence-corrected chi connectivity index (χ0v) is 24.2. The monoisotopic (exact) mass is 605 g/mol. The highest BCUT2D eigenvalue weighted by Gasteiger charge is 2.48. The minimum absolute atomic E-state index is 0.134. The summed E-state index contributed by atoms with van der Waals surface area (Å²) in [6, 6.07) is 5.53. The van der Waals surface area contributed by atoms with Crippen molar-refractivity contribution in [3.05, 3.63) is 66.4 Å². The smallest absolute Gasteiger partial charge is 0.346 e. The molecule has 228 valence electrons. The maximum atomic E-state index is 13.5. The van der Waals surface area contributed by atoms with Gasteiger partial charge in [0.25, 0.3) is 5.91 Å². The summed E-state index contributed by atoms with van der Waals surface area (Å²) >= 11 is 0. The Kier molecular flexibility index (Phi) is 7.64. The molecule has 2 fully saturated rings. The van der Waals surface area contributed by atoms with E-state index in [9.17, 15) is 23.2 Å². The van der Waals surface area contributed by atoms with Crippen LogP contribution in [0.3, 0.4) is 0 Å². The number of alkyl halides is 3. The van der Waals surface area contributed by atoms with Gasteiger partial charge in [0.2, 0.25) is 5.82 Å². The van der Waals surface area contributed by atoms with Crippen molar-refractivity contribution in [2.45, 2.75) is 37.1 Å². The van der Waals surface area contributed by atoms with Gasteiger partial charge < -0.3 is 14.8 Å². The summed E-state index contributed by atoms with van der Waals surface area (Å²) in [5.41, 5.74) is 1.72. The van der Waals surface area contributed by atoms with Crippen LogP contribution < -0.4 is 0 Å². The summed E-state index contributed by atoms with van der Waals surface area (Å²) in [7, 11) is 3.43. The lowest BCUT2D eigenvalue weighted by Gasteiger charge is -2.52. The first-order valence-corrected chi connectivity index (χ1v) is 14.1. The molecule has 0 radical (unpaired) electrons. The van der Waals surface area contributed by atoms with Gasteiger partial charge in [-0.15, -0.1) is 0 Å². The lowest BCUT2D eigenvalue weighted by Crippen LogP contribution is -2.60. The summed E-state index contributed by atoms with van der Waals surface area (Å²) in [6.45, 7) is 1.99. The topological polar surface area (TPSA) is 136 Å². The van der Waals surface area contributed by atoms with Gasteiger partial charge in [-0.25, -0.2) is 19.9 Å². The van der Waals surface area contributed by atoms with Crippen molar-refractivity contribution in [1.82, 2.24) is 49.4 Å². The predicted octanol–water partition coefficient (Wildman–Crippen LogP) is 3.09. The standard InChI is InChI=1S/C29H30F3N11O/c1-40(2)17-20-12-23(39-27(38-20)29(30,31)32)26(44)42-10-8-41(9-11-42)21-13-28(14-21,5-3-6-33)43-16-19(15-37-43)24-22-4-7-34-25(22)36-18-35-24/h3-5,7,12,15-16,18,21H,8-11,13-14,17H2,1-2H3,(H,34,35,36). The first-order chi connectivity index (χ1) is 21.1. The highest BCUT2D eigenvalue weighted by atomic mass is 19.4. The number of H-pyrrole nitrogens is 1. The highest BCUT2D eigenvalue weighted by Crippen LogP contribution is 2.44. The Labute approximate surface area is 250 Å². The molecule has 5 heterocycles. The van der Waals surface area contributed by atoms with Crippen LogP contribution in [0.5, 0.6) is 0 Å². The number of carbonyl (C=O) groups excluding carboxylic acids is 1. The molecule has 1 amide bonds. The van der Waals surface area contributed by atoms with Crippen LogP contribution in [0.4, 0.5) is 13.2 Å². The molecular formula is C29H30F3N11O. The number of nitrogens with one attached hydrogen (secondary N) is 1. The molecule has 1 N–H and O–H groups in total. The van der Waals surface area contributed by atoms with Crippen LogP contribution >= 0.6 is 0 Å². The van der Waals surface area contributed by atoms with E-state index in [-0.39, 0.29) is 24.0 Å². The number of piperazine rings is 1. The fourth-order valence-electron chi connectivity index (χ4n) is 5.99. The van der Waals surface area contributed by atoms with Crippen molar-refractivity contribution in [2.24, 2.45) is 0 Å². The summed E-state index contributed by atoms with van der Waals surface area (Å²) in [5.74, 6) is -1.85. The van der Waals surface area contributed by atoms with Crippen LogP contribution in [-0.4, -0.2) is 102 Å². The summed E-state index contributed by atoms with van der Waals surface area (Å²) in [5, 5.41) is 14.8. The number of hydrogen-bond donors (Lipinski definition) is 1. The molecule has 0 aromatic carbocycles. The lowest BCUT2D eigenvalue weighted by molar-refractivity contribution is -0.145. The molecule has 4 aromatic heterocycles. The Morgan fingerprint density at radius 3 is 2.68 bits per heavy atom. The van der Waals surface area contributed by atoms with Gasteiger partial charge in [0.05, 0.1) is 29.2 Å². The maximum Gasteiger partial charge on any atom is 0.451 e. The van der Waals surface area contributed by atoms with E-state index >= 15 is 0 Å². The quantitative estimate of drug-likeness (QED) is 0.315. The van der Waals surface area contributed by atoms with Crippen LogP contribution in [0.25, 0.3) is 22.3 Å². The molecule has 1 aliphatic carbocycles. The third-order valence-electron chi connectivity index (χ3n) is 8.16. The third-order valence-corrected chi connectivity index (χ3v) is 8.16. The number of carbonyl (C=O) groups is 1. The molecule has 1 saturated heterocycles. The number of nitriles is 1. The van der Waals surface area contributed by atoms with Crippen molar-refractivity contribution in [3.8, 4) is 17.3 Å². The van der Waals surface area contributed by atoms with Crippen LogP contribution in [0.2, 0.25) is 0 Å². The summed E-state index contributed by atoms with van der Waals surface area (Å²) in [6.07, 6.45) is 7.02. The van der Waals surface area contributed by atoms with Gasteiger partial charge in [0.15, 0.2) is 0 Å². The van der Waals surface area contributed by atoms with E-state index in [0.717, 1.165) is 22.3 Å². The van der Waals surface area contributed by atoms with E-state index in [4.69, 9.17) is 0 Å². The molecule has 1 aliphatic heterocycles. The zero-order chi connectivity index (χ0) is 31.1. The number of amides is 1. The highest BCUT2D eigenvalue weighted by molar-refractivity contribution is 5.92. The Bertz CT molecular complexity index is 1740. The maximum absolute atomic E-state index is 13.5. The van der Waals surface area contributed by atoms with Crippen molar-refractivity contribution in [1.29, 1.82) is 5.26 Å². The minimum Gasteiger partial charge on any atom is -0.346 e. The number of fused-ring (bicyclic) bond motifs is 1. The Balaban J connectivity index is 1.13. The second-order valence-corrected chi connectivity index (χ2v) is 11.4. The average Bonchev–Trinajstić information content (AvgIpc) is 3.66. The normalized spacial score (nSPS) is 21.2. The number of aromatic amines is 1. The molecule has 0 atom stereocenters. The van der Waals surface area contributed by atoms with Crippen LogP contribution in [0, 0.1) is 11.3 Å². The van der Waals surface area contributed by atoms with E-state index < -0.39 is 23.4 Å². The molecule has 12 nitrogen and oxygen atoms in total. The van der Waals surface area contributed by atoms with E-state index in [0.29, 0.717) is 39.0 Å². The fourth-order valence-corrected chi connectivity index (χ4v) is 5.99. The molecule has 2 aliphatic rings. The van der Waals surface area contributed by atoms with Crippen LogP contribution in [0.15, 0.2) is 49.2 Å². The van der Waals surface area contributed by atoms with E-state index in [1.165, 1.54) is 18.5 Å². The largest absolute Gasteiger partial charge is 0.451 e. The number of hydrogen-bond acceptors (Lipinski definition) is 9. The number of nitrogens with zero attached hydrogens (tertiary/aromatic N) is 10. The average molecular weight is 606 g/mol. The van der Waals surface area contributed by atoms with Crippen molar-refractivity contribution in [3.63, 3.8) is 0 Å². The van der Waals surface area contributed by atoms with Crippen LogP contribution in [0.1, 0.15) is 34.8 Å². The van der Waals surface area contributed by atoms with Gasteiger partial charge >= 0.3 is 6.18 Å². The number of allylic oxidation sites excluding steroid dienone is 2. The van der Waals surface area contributed by atoms with Crippen molar-refractivity contribution in [2.75, 3.05) is 40.3 Å². The van der Waals surface area contributed by atoms with E-state index in [2.05, 4.69) is 41.0 Å². The van der Waals surface area contributed by atoms with Gasteiger partial charge in [-0.2, -0.15) is 23.5 Å². The third kappa shape index (κ3) is 5.65. The van der Waals surface area contributed by atoms with Gasteiger partial charge in [0, 0.05) is 68.2 Å². The Morgan fingerprint density at radius 2 is 1.98 bits per heavy atom. The summed E-state index contributed by atoms with van der Waals surface area (Å²) in [4.78, 5) is 37.7. The molecule has 1 saturated carbocycles. The van der Waals surface area contributed by atoms with Crippen molar-refractivity contribution < 1.29 is 18.0 Å². The fraction of sp³-hybridized carbons (Fsp3) is 0.414. The van der Waals surface area contributed by atoms with Gasteiger partial charge in [0.1, 0.15) is 17.7 Å². The van der Waals surface area contributed by atoms with Crippen molar-refractivity contribution >= 4 is 16.9 Å². The number of aromatic nitrogens is 7. The predicted molar refractivity (Wildman–Crippen MR) is 153 cm³/mol. The second-order valence-electron chi connectivity index (χ2n) is 11.4. The first-order valence-electron chi connectivity index (χ1n) is 14.1. The lowest BCUT2D eigenvalue weighted by atomic mass is 9.71. The number of halogens is 3. The molecular weight excluding hydrogens is 575 g/mol. The SMILES string of the molecule is CN(C)Cc1cc(C(=O)N2CCN(C3CC(C=CC#N)(n4cc(-c5ncnc6[nH]ccc56)cn4)C3)CC2)nc(C(F)(F)F)n1. The molecule has 0 spiro atoms. The second kappa shape index (κ2) is 11.4. The van der Waals surface area contributed by atoms with Gasteiger partial charge in [-0.05, 0) is 45.1 Å². The van der Waals surface area contributed by atoms with E-state index in [1.54, 1.807) is 30.1 Å². The molecule has 0 unspecified atom stereocenters. The Hall–Kier alpha value is -4.68. The molecule has 6 rings (SSSR count). The van der Waals surface area contributed by atoms with Gasteiger partial charge in [-0.3, -0.25) is 14.4 Å². The van der Waals surface area contributed by atoms with Gasteiger partial charge in [-0.1, -0.05) is 0 Å². The zero-order valence-electron chi connectivity index (χ0n) is 24.2. The molecule has 0 bridgehead atoms. The number of rotatable bonds is 7. The van der Waals surface area contributed by atoms with Crippen LogP contribution in [-0.2, 0) is 18.3 Å².